The number of carbonyl (C=O) groups excluding carboxylic acids is 1. The van der Waals surface area contributed by atoms with E-state index in [4.69, 9.17) is 9.47 Å². The Labute approximate surface area is 217 Å². The van der Waals surface area contributed by atoms with Crippen LogP contribution in [0.3, 0.4) is 0 Å². The Balaban J connectivity index is 1.62. The molecule has 0 saturated carbocycles. The van der Waals surface area contributed by atoms with Crippen molar-refractivity contribution < 1.29 is 14.3 Å². The van der Waals surface area contributed by atoms with E-state index in [1.54, 1.807) is 24.1 Å². The first-order chi connectivity index (χ1) is 18.1. The molecule has 1 atom stereocenters. The topological polar surface area (TPSA) is 62.6 Å². The zero-order chi connectivity index (χ0) is 25.7. The molecule has 0 radical (unpaired) electrons. The fourth-order valence-corrected chi connectivity index (χ4v) is 5.02. The van der Waals surface area contributed by atoms with Crippen molar-refractivity contribution in [2.24, 2.45) is 0 Å². The monoisotopic (exact) mass is 488 g/mol. The predicted molar refractivity (Wildman–Crippen MR) is 142 cm³/mol. The summed E-state index contributed by atoms with van der Waals surface area (Å²) >= 11 is 0. The van der Waals surface area contributed by atoms with Crippen molar-refractivity contribution in [1.82, 2.24) is 4.90 Å². The smallest absolute Gasteiger partial charge is 0.255 e. The lowest BCUT2D eigenvalue weighted by atomic mass is 9.76. The van der Waals surface area contributed by atoms with E-state index in [0.29, 0.717) is 43.1 Å². The molecule has 1 aliphatic heterocycles. The number of hydrogen-bond donors (Lipinski definition) is 0. The summed E-state index contributed by atoms with van der Waals surface area (Å²) in [6.45, 7) is 0.787. The average molecular weight is 489 g/mol. The van der Waals surface area contributed by atoms with Gasteiger partial charge >= 0.3 is 0 Å². The molecule has 4 aromatic rings. The van der Waals surface area contributed by atoms with Crippen LogP contribution in [0.1, 0.15) is 32.6 Å². The Morgan fingerprint density at radius 3 is 2.14 bits per heavy atom. The molecule has 4 aromatic carbocycles. The summed E-state index contributed by atoms with van der Waals surface area (Å²) in [5.74, 6) is 1.00. The minimum absolute atomic E-state index is 0.161. The summed E-state index contributed by atoms with van der Waals surface area (Å²) in [6.07, 6.45) is 0.974. The highest BCUT2D eigenvalue weighted by Gasteiger charge is 2.46. The van der Waals surface area contributed by atoms with E-state index in [2.05, 4.69) is 6.07 Å². The van der Waals surface area contributed by atoms with Gasteiger partial charge in [-0.1, -0.05) is 78.9 Å². The molecule has 37 heavy (non-hydrogen) atoms. The lowest BCUT2D eigenvalue weighted by molar-refractivity contribution is 0.0550. The molecule has 5 nitrogen and oxygen atoms in total. The van der Waals surface area contributed by atoms with E-state index in [1.165, 1.54) is 0 Å². The van der Waals surface area contributed by atoms with Crippen molar-refractivity contribution in [2.75, 3.05) is 13.7 Å². The molecule has 5 rings (SSSR count). The lowest BCUT2D eigenvalue weighted by Crippen LogP contribution is -2.54. The van der Waals surface area contributed by atoms with E-state index in [-0.39, 0.29) is 5.91 Å². The maximum absolute atomic E-state index is 13.8. The van der Waals surface area contributed by atoms with Crippen LogP contribution in [0.5, 0.6) is 11.5 Å². The highest BCUT2D eigenvalue weighted by molar-refractivity contribution is 5.95. The van der Waals surface area contributed by atoms with Crippen LogP contribution in [0.15, 0.2) is 103 Å². The maximum atomic E-state index is 13.8. The first-order valence-corrected chi connectivity index (χ1v) is 12.3. The molecule has 5 heteroatoms. The summed E-state index contributed by atoms with van der Waals surface area (Å²) in [5.41, 5.74) is 3.12. The van der Waals surface area contributed by atoms with Gasteiger partial charge in [0.1, 0.15) is 6.61 Å². The first kappa shape index (κ1) is 24.1. The predicted octanol–water partition coefficient (Wildman–Crippen LogP) is 5.93. The third kappa shape index (κ3) is 4.79. The molecule has 0 fully saturated rings. The Kier molecular flexibility index (Phi) is 6.91. The van der Waals surface area contributed by atoms with Crippen LogP contribution in [0, 0.1) is 11.3 Å². The van der Waals surface area contributed by atoms with Crippen LogP contribution in [0.25, 0.3) is 0 Å². The van der Waals surface area contributed by atoms with Gasteiger partial charge in [-0.15, -0.1) is 0 Å². The van der Waals surface area contributed by atoms with Gasteiger partial charge in [-0.25, -0.2) is 0 Å². The van der Waals surface area contributed by atoms with Gasteiger partial charge in [-0.2, -0.15) is 5.26 Å². The largest absolute Gasteiger partial charge is 0.493 e. The average Bonchev–Trinajstić information content (AvgIpc) is 2.97. The Morgan fingerprint density at radius 1 is 0.892 bits per heavy atom. The Hall–Kier alpha value is -4.56. The van der Waals surface area contributed by atoms with Crippen LogP contribution in [0.4, 0.5) is 0 Å². The van der Waals surface area contributed by atoms with Gasteiger partial charge in [-0.3, -0.25) is 4.79 Å². The highest BCUT2D eigenvalue weighted by atomic mass is 16.5. The number of carbonyl (C=O) groups is 1. The van der Waals surface area contributed by atoms with Crippen LogP contribution < -0.4 is 9.47 Å². The zero-order valence-corrected chi connectivity index (χ0v) is 20.8. The van der Waals surface area contributed by atoms with E-state index in [1.807, 2.05) is 91.0 Å². The number of nitrogens with zero attached hydrogens (tertiary/aromatic N) is 2. The highest BCUT2D eigenvalue weighted by Crippen LogP contribution is 2.44. The van der Waals surface area contributed by atoms with Crippen molar-refractivity contribution in [2.45, 2.75) is 25.0 Å². The first-order valence-electron chi connectivity index (χ1n) is 12.3. The molecule has 0 unspecified atom stereocenters. The normalized spacial score (nSPS) is 16.4. The number of ether oxygens (including phenoxy) is 2. The molecule has 0 N–H and O–H groups in total. The molecular weight excluding hydrogens is 460 g/mol. The molecule has 0 aliphatic carbocycles. The van der Waals surface area contributed by atoms with Gasteiger partial charge in [-0.05, 0) is 52.9 Å². The third-order valence-electron chi connectivity index (χ3n) is 6.89. The van der Waals surface area contributed by atoms with E-state index >= 15 is 0 Å². The van der Waals surface area contributed by atoms with Gasteiger partial charge in [0.25, 0.3) is 5.91 Å². The number of benzene rings is 4. The minimum Gasteiger partial charge on any atom is -0.493 e. The molecule has 1 aliphatic rings. The van der Waals surface area contributed by atoms with Crippen LogP contribution in [-0.4, -0.2) is 24.5 Å². The second kappa shape index (κ2) is 10.6. The van der Waals surface area contributed by atoms with Gasteiger partial charge in [0, 0.05) is 18.5 Å². The fraction of sp³-hybridized carbons (Fsp3) is 0.188. The quantitative estimate of drug-likeness (QED) is 0.323. The van der Waals surface area contributed by atoms with Crippen molar-refractivity contribution >= 4 is 5.91 Å². The van der Waals surface area contributed by atoms with E-state index < -0.39 is 5.54 Å². The van der Waals surface area contributed by atoms with Crippen LogP contribution in [0.2, 0.25) is 0 Å². The molecule has 0 bridgehead atoms. The molecular formula is C32H28N2O3. The standard InChI is InChI=1S/C32H28N2O3/c1-36-29-19-27-17-18-34(31(35)26-15-9-4-10-16-26)32(23-33,21-24-11-5-2-6-12-24)28(27)20-30(29)37-22-25-13-7-3-8-14-25/h2-16,19-20H,17-18,21-22H2,1H3/t32-/m0/s1. The lowest BCUT2D eigenvalue weighted by Gasteiger charge is -2.44. The number of rotatable bonds is 7. The third-order valence-corrected chi connectivity index (χ3v) is 6.89. The molecule has 0 saturated heterocycles. The van der Waals surface area contributed by atoms with E-state index in [0.717, 1.165) is 22.3 Å². The Bertz CT molecular complexity index is 1420. The minimum atomic E-state index is -1.21. The molecule has 0 spiro atoms. The van der Waals surface area contributed by atoms with Crippen molar-refractivity contribution in [1.29, 1.82) is 5.26 Å². The molecule has 184 valence electrons. The summed E-state index contributed by atoms with van der Waals surface area (Å²) in [5, 5.41) is 10.8. The van der Waals surface area contributed by atoms with Gasteiger partial charge < -0.3 is 14.4 Å². The number of nitriles is 1. The molecule has 1 amide bonds. The van der Waals surface area contributed by atoms with E-state index in [9.17, 15) is 10.1 Å². The second-order valence-corrected chi connectivity index (χ2v) is 9.14. The number of amides is 1. The summed E-state index contributed by atoms with van der Waals surface area (Å²) < 4.78 is 11.9. The fourth-order valence-electron chi connectivity index (χ4n) is 5.02. The number of hydrogen-bond acceptors (Lipinski definition) is 4. The number of fused-ring (bicyclic) bond motifs is 1. The Morgan fingerprint density at radius 2 is 1.51 bits per heavy atom. The summed E-state index contributed by atoms with van der Waals surface area (Å²) in [4.78, 5) is 15.5. The van der Waals surface area contributed by atoms with Gasteiger partial charge in [0.15, 0.2) is 17.0 Å². The zero-order valence-electron chi connectivity index (χ0n) is 20.8. The molecule has 0 aromatic heterocycles. The van der Waals surface area contributed by atoms with Crippen LogP contribution in [-0.2, 0) is 25.0 Å². The maximum Gasteiger partial charge on any atom is 0.255 e. The van der Waals surface area contributed by atoms with Crippen molar-refractivity contribution in [3.63, 3.8) is 0 Å². The second-order valence-electron chi connectivity index (χ2n) is 9.14. The number of methoxy groups -OCH3 is 1. The van der Waals surface area contributed by atoms with Crippen molar-refractivity contribution in [3.05, 3.63) is 131 Å². The molecule has 1 heterocycles. The summed E-state index contributed by atoms with van der Waals surface area (Å²) in [6, 6.07) is 35.3. The van der Waals surface area contributed by atoms with Gasteiger partial charge in [0.2, 0.25) is 0 Å². The SMILES string of the molecule is COc1cc2c(cc1OCc1ccccc1)[C@@](C#N)(Cc1ccccc1)N(C(=O)c1ccccc1)CC2. The van der Waals surface area contributed by atoms with Crippen LogP contribution >= 0.6 is 0 Å². The summed E-state index contributed by atoms with van der Waals surface area (Å²) in [7, 11) is 1.62. The van der Waals surface area contributed by atoms with Gasteiger partial charge in [0.05, 0.1) is 13.2 Å². The van der Waals surface area contributed by atoms with Crippen molar-refractivity contribution in [3.8, 4) is 17.6 Å².